The van der Waals surface area contributed by atoms with Crippen LogP contribution < -0.4 is 10.1 Å². The van der Waals surface area contributed by atoms with Gasteiger partial charge in [0.05, 0.1) is 7.11 Å². The van der Waals surface area contributed by atoms with E-state index in [4.69, 9.17) is 9.47 Å². The van der Waals surface area contributed by atoms with E-state index in [1.165, 1.54) is 12.7 Å². The normalized spacial score (nSPS) is 26.9. The first-order valence-electron chi connectivity index (χ1n) is 9.71. The molecule has 148 valence electrons. The van der Waals surface area contributed by atoms with Gasteiger partial charge in [0.2, 0.25) is 11.8 Å². The lowest BCUT2D eigenvalue weighted by atomic mass is 9.88. The average molecular weight is 374 g/mol. The summed E-state index contributed by atoms with van der Waals surface area (Å²) in [5.41, 5.74) is 1.21. The number of hydrogen-bond acceptors (Lipinski definition) is 4. The minimum absolute atomic E-state index is 0.0854. The molecule has 6 heteroatoms. The predicted octanol–water partition coefficient (Wildman–Crippen LogP) is 1.87. The Morgan fingerprint density at radius 1 is 1.26 bits per heavy atom. The second kappa shape index (κ2) is 8.74. The molecule has 1 saturated heterocycles. The molecule has 3 rings (SSSR count). The molecule has 1 aromatic rings. The Balaban J connectivity index is 1.57. The third-order valence-corrected chi connectivity index (χ3v) is 6.13. The number of carbonyl (C=O) groups is 2. The van der Waals surface area contributed by atoms with Crippen molar-refractivity contribution in [3.63, 3.8) is 0 Å². The number of fused-ring (bicyclic) bond motifs is 1. The van der Waals surface area contributed by atoms with Crippen molar-refractivity contribution in [3.8, 4) is 5.75 Å². The van der Waals surface area contributed by atoms with Gasteiger partial charge in [-0.25, -0.2) is 0 Å². The molecule has 2 amide bonds. The number of amides is 2. The highest BCUT2D eigenvalue weighted by Gasteiger charge is 2.50. The van der Waals surface area contributed by atoms with Crippen molar-refractivity contribution < 1.29 is 19.1 Å². The summed E-state index contributed by atoms with van der Waals surface area (Å²) in [7, 11) is 3.18. The molecule has 2 aliphatic rings. The van der Waals surface area contributed by atoms with Gasteiger partial charge in [0.1, 0.15) is 12.4 Å². The van der Waals surface area contributed by atoms with Gasteiger partial charge < -0.3 is 19.7 Å². The average Bonchev–Trinajstić information content (AvgIpc) is 3.12. The van der Waals surface area contributed by atoms with Gasteiger partial charge in [0.25, 0.3) is 0 Å². The fourth-order valence-electron chi connectivity index (χ4n) is 4.69. The van der Waals surface area contributed by atoms with Crippen molar-refractivity contribution in [2.24, 2.45) is 17.8 Å². The lowest BCUT2D eigenvalue weighted by Gasteiger charge is -2.24. The first-order chi connectivity index (χ1) is 13.0. The van der Waals surface area contributed by atoms with Crippen molar-refractivity contribution in [1.29, 1.82) is 0 Å². The van der Waals surface area contributed by atoms with E-state index in [2.05, 4.69) is 29.3 Å². The molecular formula is C21H30N2O4. The Labute approximate surface area is 161 Å². The number of nitrogens with zero attached hydrogens (tertiary/aromatic N) is 1. The van der Waals surface area contributed by atoms with Gasteiger partial charge in [0, 0.05) is 32.7 Å². The minimum Gasteiger partial charge on any atom is -0.497 e. The maximum atomic E-state index is 12.6. The van der Waals surface area contributed by atoms with Crippen LogP contribution in [-0.2, 0) is 20.7 Å². The maximum Gasteiger partial charge on any atom is 0.245 e. The molecule has 0 unspecified atom stereocenters. The monoisotopic (exact) mass is 374 g/mol. The van der Waals surface area contributed by atoms with E-state index in [1.54, 1.807) is 7.11 Å². The summed E-state index contributed by atoms with van der Waals surface area (Å²) in [5, 5.41) is 2.96. The van der Waals surface area contributed by atoms with Crippen molar-refractivity contribution in [2.45, 2.75) is 32.2 Å². The summed E-state index contributed by atoms with van der Waals surface area (Å²) in [6.45, 7) is 3.70. The predicted molar refractivity (Wildman–Crippen MR) is 102 cm³/mol. The van der Waals surface area contributed by atoms with Gasteiger partial charge in [-0.2, -0.15) is 0 Å². The zero-order valence-corrected chi connectivity index (χ0v) is 16.4. The van der Waals surface area contributed by atoms with Gasteiger partial charge in [-0.05, 0) is 48.3 Å². The van der Waals surface area contributed by atoms with Crippen LogP contribution in [0.4, 0.5) is 0 Å². The van der Waals surface area contributed by atoms with E-state index in [0.29, 0.717) is 36.8 Å². The molecule has 1 heterocycles. The van der Waals surface area contributed by atoms with Crippen molar-refractivity contribution in [1.82, 2.24) is 10.2 Å². The highest BCUT2D eigenvalue weighted by Crippen LogP contribution is 2.45. The highest BCUT2D eigenvalue weighted by molar-refractivity contribution is 5.80. The second-order valence-electron chi connectivity index (χ2n) is 7.73. The minimum atomic E-state index is -0.0890. The van der Waals surface area contributed by atoms with Crippen LogP contribution >= 0.6 is 0 Å². The quantitative estimate of drug-likeness (QED) is 0.754. The molecule has 0 bridgehead atoms. The molecule has 1 saturated carbocycles. The van der Waals surface area contributed by atoms with Gasteiger partial charge >= 0.3 is 0 Å². The molecule has 1 aromatic carbocycles. The number of methoxy groups -OCH3 is 2. The molecule has 1 aliphatic carbocycles. The Morgan fingerprint density at radius 3 is 2.67 bits per heavy atom. The molecule has 0 spiro atoms. The van der Waals surface area contributed by atoms with E-state index in [9.17, 15) is 9.59 Å². The van der Waals surface area contributed by atoms with Crippen LogP contribution in [0.15, 0.2) is 24.3 Å². The van der Waals surface area contributed by atoms with E-state index in [1.807, 2.05) is 12.1 Å². The smallest absolute Gasteiger partial charge is 0.245 e. The maximum absolute atomic E-state index is 12.6. The number of rotatable bonds is 8. The molecule has 1 aliphatic heterocycles. The van der Waals surface area contributed by atoms with Crippen LogP contribution in [0.5, 0.6) is 5.75 Å². The Morgan fingerprint density at radius 2 is 2.00 bits per heavy atom. The van der Waals surface area contributed by atoms with E-state index in [0.717, 1.165) is 25.1 Å². The molecule has 27 heavy (non-hydrogen) atoms. The van der Waals surface area contributed by atoms with E-state index in [-0.39, 0.29) is 18.4 Å². The molecule has 0 aromatic heterocycles. The number of ether oxygens (including phenoxy) is 2. The zero-order valence-electron chi connectivity index (χ0n) is 16.4. The van der Waals surface area contributed by atoms with Crippen LogP contribution in [0.2, 0.25) is 0 Å². The van der Waals surface area contributed by atoms with Crippen molar-refractivity contribution >= 4 is 11.8 Å². The molecular weight excluding hydrogens is 344 g/mol. The fourth-order valence-corrected chi connectivity index (χ4v) is 4.69. The summed E-state index contributed by atoms with van der Waals surface area (Å²) in [6, 6.07) is 8.33. The Kier molecular flexibility index (Phi) is 6.37. The lowest BCUT2D eigenvalue weighted by Crippen LogP contribution is -2.36. The van der Waals surface area contributed by atoms with E-state index < -0.39 is 0 Å². The topological polar surface area (TPSA) is 67.9 Å². The van der Waals surface area contributed by atoms with Gasteiger partial charge in [0.15, 0.2) is 0 Å². The third-order valence-electron chi connectivity index (χ3n) is 6.13. The largest absolute Gasteiger partial charge is 0.497 e. The number of nitrogens with one attached hydrogen (secondary N) is 1. The highest BCUT2D eigenvalue weighted by atomic mass is 16.5. The summed E-state index contributed by atoms with van der Waals surface area (Å²) in [6.07, 6.45) is 2.47. The Bertz CT molecular complexity index is 661. The van der Waals surface area contributed by atoms with Crippen molar-refractivity contribution in [3.05, 3.63) is 29.8 Å². The number of hydrogen-bond donors (Lipinski definition) is 1. The molecule has 6 nitrogen and oxygen atoms in total. The third kappa shape index (κ3) is 4.43. The standard InChI is InChI=1S/C21H30N2O4/c1-14-10-19-17(18(14)12-22-20(24)13-26-2)11-21(25)23(19)9-8-15-4-6-16(27-3)7-5-15/h4-7,14,17-19H,8-13H2,1-3H3,(H,22,24)/t14-,17-,18+,19+/m0/s1. The summed E-state index contributed by atoms with van der Waals surface area (Å²) < 4.78 is 10.1. The number of likely N-dealkylation sites (tertiary alicyclic amines) is 1. The van der Waals surface area contributed by atoms with Gasteiger partial charge in [-0.15, -0.1) is 0 Å². The summed E-state index contributed by atoms with van der Waals surface area (Å²) >= 11 is 0. The van der Waals surface area contributed by atoms with Crippen LogP contribution in [0.25, 0.3) is 0 Å². The van der Waals surface area contributed by atoms with E-state index >= 15 is 0 Å². The lowest BCUT2D eigenvalue weighted by molar-refractivity contribution is -0.129. The Hall–Kier alpha value is -2.08. The van der Waals surface area contributed by atoms with Crippen molar-refractivity contribution in [2.75, 3.05) is 33.9 Å². The number of carbonyl (C=O) groups excluding carboxylic acids is 2. The molecule has 2 fully saturated rings. The first kappa shape index (κ1) is 19.7. The van der Waals surface area contributed by atoms with Crippen LogP contribution in [0.3, 0.4) is 0 Å². The van der Waals surface area contributed by atoms with Gasteiger partial charge in [-0.3, -0.25) is 9.59 Å². The second-order valence-corrected chi connectivity index (χ2v) is 7.73. The zero-order chi connectivity index (χ0) is 19.4. The van der Waals surface area contributed by atoms with Gasteiger partial charge in [-0.1, -0.05) is 19.1 Å². The first-order valence-corrected chi connectivity index (χ1v) is 9.71. The SMILES string of the molecule is COCC(=O)NC[C@H]1[C@@H]2CC(=O)N(CCc3ccc(OC)cc3)[C@@H]2C[C@@H]1C. The van der Waals surface area contributed by atoms with Crippen LogP contribution in [0, 0.1) is 17.8 Å². The van der Waals surface area contributed by atoms with Crippen LogP contribution in [0.1, 0.15) is 25.3 Å². The molecule has 0 radical (unpaired) electrons. The molecule has 1 N–H and O–H groups in total. The summed E-state index contributed by atoms with van der Waals surface area (Å²) in [4.78, 5) is 26.4. The summed E-state index contributed by atoms with van der Waals surface area (Å²) in [5.74, 6) is 2.20. The fraction of sp³-hybridized carbons (Fsp3) is 0.619. The number of benzene rings is 1. The molecule has 4 atom stereocenters. The van der Waals surface area contributed by atoms with Crippen LogP contribution in [-0.4, -0.2) is 56.7 Å².